The van der Waals surface area contributed by atoms with Crippen LogP contribution in [0.15, 0.2) is 0 Å². The molecule has 8 nitrogen and oxygen atoms in total. The highest BCUT2D eigenvalue weighted by molar-refractivity contribution is 6.91. The number of hydrogen-bond donors (Lipinski definition) is 0. The van der Waals surface area contributed by atoms with Gasteiger partial charge in [0.2, 0.25) is 0 Å². The van der Waals surface area contributed by atoms with Crippen LogP contribution < -0.4 is 0 Å². The van der Waals surface area contributed by atoms with Crippen LogP contribution in [0.1, 0.15) is 0 Å². The Morgan fingerprint density at radius 2 is 0.607 bits per heavy atom. The van der Waals surface area contributed by atoms with Crippen molar-refractivity contribution in [3.63, 3.8) is 0 Å². The molecule has 170 valence electrons. The zero-order valence-corrected chi connectivity index (χ0v) is 26.3. The fourth-order valence-electron chi connectivity index (χ4n) is 2.25. The third kappa shape index (κ3) is 11.4. The summed E-state index contributed by atoms with van der Waals surface area (Å²) >= 11 is 0. The first-order valence-corrected chi connectivity index (χ1v) is 25.7. The van der Waals surface area contributed by atoms with Crippen LogP contribution in [0.25, 0.3) is 0 Å². The topological polar surface area (TPSA) is 73.8 Å². The Morgan fingerprint density at radius 1 is 0.357 bits per heavy atom. The zero-order chi connectivity index (χ0) is 22.7. The summed E-state index contributed by atoms with van der Waals surface area (Å²) in [5.74, 6) is 0. The molecule has 28 heavy (non-hydrogen) atoms. The molecule has 0 N–H and O–H groups in total. The van der Waals surface area contributed by atoms with Gasteiger partial charge in [-0.3, -0.25) is 0 Å². The van der Waals surface area contributed by atoms with Crippen molar-refractivity contribution < 1.29 is 33.9 Å². The smallest absolute Gasteiger partial charge is 0.396 e. The summed E-state index contributed by atoms with van der Waals surface area (Å²) < 4.78 is 48.8. The van der Waals surface area contributed by atoms with E-state index >= 15 is 0 Å². The molecule has 0 saturated carbocycles. The van der Waals surface area contributed by atoms with Gasteiger partial charge in [-0.15, -0.1) is 0 Å². The minimum Gasteiger partial charge on any atom is -0.396 e. The summed E-state index contributed by atoms with van der Waals surface area (Å²) in [6.45, 7) is 22.7. The van der Waals surface area contributed by atoms with Gasteiger partial charge in [-0.1, -0.05) is 0 Å². The largest absolute Gasteiger partial charge is 0.669 e. The van der Waals surface area contributed by atoms with E-state index in [1.54, 1.807) is 0 Å². The van der Waals surface area contributed by atoms with Crippen LogP contribution in [0.5, 0.6) is 0 Å². The molecule has 0 saturated heterocycles. The lowest BCUT2D eigenvalue weighted by molar-refractivity contribution is 0.0350. The molecule has 14 heteroatoms. The highest BCUT2D eigenvalue weighted by Crippen LogP contribution is 2.31. The molecule has 0 aromatic rings. The van der Waals surface area contributed by atoms with Gasteiger partial charge in [0.15, 0.2) is 25.0 Å². The monoisotopic (exact) mass is 506 g/mol. The Hall–Kier alpha value is 0.981. The summed E-state index contributed by atoms with van der Waals surface area (Å²) in [5.41, 5.74) is 0. The van der Waals surface area contributed by atoms with E-state index in [2.05, 4.69) is 58.9 Å². The van der Waals surface area contributed by atoms with E-state index in [9.17, 15) is 0 Å². The standard InChI is InChI=1S/C14H42O8Si6/c1-15-27(16-2,17-3)21-26(13,14)22-28(18-23(4,5)6,19-24(7,8)9)20-25(10,11)12/h1-14H3. The first-order valence-electron chi connectivity index (χ1n) is 9.38. The molecule has 0 aliphatic carbocycles. The maximum absolute atomic E-state index is 6.60. The van der Waals surface area contributed by atoms with E-state index in [0.717, 1.165) is 0 Å². The fraction of sp³-hybridized carbons (Fsp3) is 1.00. The van der Waals surface area contributed by atoms with Gasteiger partial charge in [-0.25, -0.2) is 0 Å². The Morgan fingerprint density at radius 3 is 0.821 bits per heavy atom. The van der Waals surface area contributed by atoms with Gasteiger partial charge < -0.3 is 33.9 Å². The van der Waals surface area contributed by atoms with Crippen LogP contribution in [-0.4, -0.2) is 72.9 Å². The maximum Gasteiger partial charge on any atom is 0.669 e. The second-order valence-electron chi connectivity index (χ2n) is 9.86. The highest BCUT2D eigenvalue weighted by Gasteiger charge is 2.59. The Balaban J connectivity index is 6.12. The van der Waals surface area contributed by atoms with Gasteiger partial charge in [-0.2, -0.15) is 0 Å². The van der Waals surface area contributed by atoms with Crippen molar-refractivity contribution in [1.29, 1.82) is 0 Å². The minimum atomic E-state index is -3.50. The molecule has 0 bridgehead atoms. The lowest BCUT2D eigenvalue weighted by atomic mass is 11.8. The van der Waals surface area contributed by atoms with Gasteiger partial charge in [0.25, 0.3) is 0 Å². The summed E-state index contributed by atoms with van der Waals surface area (Å²) in [5, 5.41) is 0. The van der Waals surface area contributed by atoms with E-state index in [-0.39, 0.29) is 0 Å². The highest BCUT2D eigenvalue weighted by atomic mass is 28.6. The quantitative estimate of drug-likeness (QED) is 0.346. The normalized spacial score (nSPS) is 15.2. The first-order chi connectivity index (χ1) is 12.2. The molecule has 0 atom stereocenters. The summed E-state index contributed by atoms with van der Waals surface area (Å²) in [6.07, 6.45) is 0. The predicted octanol–water partition coefficient (Wildman–Crippen LogP) is 4.09. The molecular formula is C14H42O8Si6. The first kappa shape index (κ1) is 29.0. The molecule has 0 aromatic heterocycles. The van der Waals surface area contributed by atoms with Gasteiger partial charge in [0, 0.05) is 21.3 Å². The van der Waals surface area contributed by atoms with Gasteiger partial charge >= 0.3 is 26.7 Å². The van der Waals surface area contributed by atoms with Crippen molar-refractivity contribution >= 4 is 51.6 Å². The van der Waals surface area contributed by atoms with E-state index in [1.807, 2.05) is 13.1 Å². The minimum absolute atomic E-state index is 1.50. The molecule has 0 rings (SSSR count). The second kappa shape index (κ2) is 10.1. The van der Waals surface area contributed by atoms with Gasteiger partial charge in [0.1, 0.15) is 0 Å². The van der Waals surface area contributed by atoms with Crippen molar-refractivity contribution in [3.05, 3.63) is 0 Å². The molecule has 0 spiro atoms. The van der Waals surface area contributed by atoms with Crippen LogP contribution in [0, 0.1) is 0 Å². The molecule has 0 amide bonds. The average molecular weight is 507 g/mol. The molecular weight excluding hydrogens is 465 g/mol. The number of hydrogen-bond acceptors (Lipinski definition) is 8. The second-order valence-corrected chi connectivity index (χ2v) is 32.6. The third-order valence-electron chi connectivity index (χ3n) is 2.79. The predicted molar refractivity (Wildman–Crippen MR) is 125 cm³/mol. The Kier molecular flexibility index (Phi) is 10.4. The molecule has 0 aliphatic rings. The van der Waals surface area contributed by atoms with E-state index < -0.39 is 51.6 Å². The SMILES string of the molecule is CO[Si](OC)(OC)O[Si](C)(C)O[Si](O[Si](C)(C)C)(O[Si](C)(C)C)O[Si](C)(C)C. The van der Waals surface area contributed by atoms with Crippen molar-refractivity contribution in [1.82, 2.24) is 0 Å². The van der Waals surface area contributed by atoms with Crippen molar-refractivity contribution in [2.24, 2.45) is 0 Å². The number of rotatable bonds is 13. The van der Waals surface area contributed by atoms with Crippen LogP contribution in [0.2, 0.25) is 72.0 Å². The third-order valence-corrected chi connectivity index (χ3v) is 20.6. The summed E-state index contributed by atoms with van der Waals surface area (Å²) in [7, 11) is -11.4. The molecule has 0 unspecified atom stereocenters. The van der Waals surface area contributed by atoms with Crippen LogP contribution >= 0.6 is 0 Å². The lowest BCUT2D eigenvalue weighted by Gasteiger charge is -2.44. The molecule has 0 radical (unpaired) electrons. The summed E-state index contributed by atoms with van der Waals surface area (Å²) in [4.78, 5) is 0. The van der Waals surface area contributed by atoms with Crippen molar-refractivity contribution in [3.8, 4) is 0 Å². The van der Waals surface area contributed by atoms with Crippen molar-refractivity contribution in [2.45, 2.75) is 72.0 Å². The Labute approximate surface area is 178 Å². The van der Waals surface area contributed by atoms with Crippen molar-refractivity contribution in [2.75, 3.05) is 21.3 Å². The van der Waals surface area contributed by atoms with Gasteiger partial charge in [-0.05, 0) is 72.0 Å². The van der Waals surface area contributed by atoms with Gasteiger partial charge in [0.05, 0.1) is 0 Å². The maximum atomic E-state index is 6.60. The molecule has 0 aromatic carbocycles. The Bertz CT molecular complexity index is 433. The van der Waals surface area contributed by atoms with E-state index in [4.69, 9.17) is 33.9 Å². The van der Waals surface area contributed by atoms with Crippen LogP contribution in [0.3, 0.4) is 0 Å². The molecule has 0 fully saturated rings. The molecule has 0 aliphatic heterocycles. The van der Waals surface area contributed by atoms with Crippen LogP contribution in [-0.2, 0) is 33.9 Å². The molecule has 0 heterocycles. The van der Waals surface area contributed by atoms with Crippen LogP contribution in [0.4, 0.5) is 0 Å². The summed E-state index contributed by atoms with van der Waals surface area (Å²) in [6, 6.07) is 0. The fourth-order valence-corrected chi connectivity index (χ4v) is 21.4. The van der Waals surface area contributed by atoms with E-state index in [1.165, 1.54) is 21.3 Å². The zero-order valence-electron chi connectivity index (χ0n) is 20.3. The lowest BCUT2D eigenvalue weighted by Crippen LogP contribution is -2.67. The average Bonchev–Trinajstić information content (AvgIpc) is 2.37. The van der Waals surface area contributed by atoms with E-state index in [0.29, 0.717) is 0 Å².